The Morgan fingerprint density at radius 2 is 2.12 bits per heavy atom. The normalized spacial score (nSPS) is 9.47. The highest BCUT2D eigenvalue weighted by Gasteiger charge is 2.00. The number of anilines is 1. The lowest BCUT2D eigenvalue weighted by Crippen LogP contribution is -2.28. The second-order valence-corrected chi connectivity index (χ2v) is 3.29. The lowest BCUT2D eigenvalue weighted by Gasteiger charge is -2.07. The van der Waals surface area contributed by atoms with Crippen LogP contribution in [0.5, 0.6) is 5.75 Å². The molecule has 0 radical (unpaired) electrons. The zero-order chi connectivity index (χ0) is 12.5. The number of nitrogens with one attached hydrogen (secondary N) is 2. The minimum atomic E-state index is -0.263. The van der Waals surface area contributed by atoms with Crippen molar-refractivity contribution in [1.29, 1.82) is 0 Å². The molecule has 5 nitrogen and oxygen atoms in total. The van der Waals surface area contributed by atoms with Gasteiger partial charge in [-0.05, 0) is 24.3 Å². The molecule has 4 N–H and O–H groups in total. The van der Waals surface area contributed by atoms with Gasteiger partial charge in [0.05, 0.1) is 0 Å². The summed E-state index contributed by atoms with van der Waals surface area (Å²) >= 11 is 0. The number of rotatable bonds is 6. The second-order valence-electron chi connectivity index (χ2n) is 3.29. The van der Waals surface area contributed by atoms with E-state index < -0.39 is 0 Å². The molecule has 1 aromatic carbocycles. The van der Waals surface area contributed by atoms with Crippen LogP contribution in [0.25, 0.3) is 0 Å². The molecule has 0 heterocycles. The second kappa shape index (κ2) is 7.29. The number of carbonyl (C=O) groups is 1. The first kappa shape index (κ1) is 13.1. The summed E-state index contributed by atoms with van der Waals surface area (Å²) in [5, 5.41) is 5.30. The molecule has 0 aromatic heterocycles. The van der Waals surface area contributed by atoms with E-state index in [9.17, 15) is 4.79 Å². The van der Waals surface area contributed by atoms with Crippen LogP contribution in [0.3, 0.4) is 0 Å². The number of amides is 2. The summed E-state index contributed by atoms with van der Waals surface area (Å²) in [6.07, 6.45) is 1.61. The molecule has 0 spiro atoms. The first-order valence-corrected chi connectivity index (χ1v) is 5.35. The van der Waals surface area contributed by atoms with Crippen molar-refractivity contribution >= 4 is 11.7 Å². The van der Waals surface area contributed by atoms with Gasteiger partial charge in [0.2, 0.25) is 0 Å². The highest BCUT2D eigenvalue weighted by Crippen LogP contribution is 2.15. The maximum Gasteiger partial charge on any atom is 0.319 e. The Bertz CT molecular complexity index is 363. The molecule has 17 heavy (non-hydrogen) atoms. The molecule has 0 aliphatic carbocycles. The average Bonchev–Trinajstić information content (AvgIpc) is 2.35. The first-order chi connectivity index (χ1) is 8.26. The zero-order valence-electron chi connectivity index (χ0n) is 9.61. The molecule has 1 rings (SSSR count). The van der Waals surface area contributed by atoms with Gasteiger partial charge in [0, 0.05) is 18.8 Å². The standard InChI is InChI=1S/C12H17N3O2/c1-2-8-14-12(16)15-10-3-5-11(6-4-10)17-9-7-13/h2-6H,1,7-9,13H2,(H2,14,15,16). The van der Waals surface area contributed by atoms with E-state index in [4.69, 9.17) is 10.5 Å². The van der Waals surface area contributed by atoms with Gasteiger partial charge in [-0.2, -0.15) is 0 Å². The number of hydrogen-bond donors (Lipinski definition) is 3. The third kappa shape index (κ3) is 5.03. The van der Waals surface area contributed by atoms with Gasteiger partial charge in [0.25, 0.3) is 0 Å². The fraction of sp³-hybridized carbons (Fsp3) is 0.250. The Labute approximate surface area is 101 Å². The minimum Gasteiger partial charge on any atom is -0.492 e. The highest BCUT2D eigenvalue weighted by molar-refractivity contribution is 5.89. The van der Waals surface area contributed by atoms with E-state index in [1.165, 1.54) is 0 Å². The summed E-state index contributed by atoms with van der Waals surface area (Å²) in [5.41, 5.74) is 6.02. The van der Waals surface area contributed by atoms with Crippen LogP contribution < -0.4 is 21.1 Å². The fourth-order valence-electron chi connectivity index (χ4n) is 1.15. The number of ether oxygens (including phenoxy) is 1. The Morgan fingerprint density at radius 1 is 1.41 bits per heavy atom. The van der Waals surface area contributed by atoms with E-state index >= 15 is 0 Å². The van der Waals surface area contributed by atoms with Crippen molar-refractivity contribution in [2.75, 3.05) is 25.0 Å². The molecule has 1 aromatic rings. The number of benzene rings is 1. The summed E-state index contributed by atoms with van der Waals surface area (Å²) in [5.74, 6) is 0.729. The van der Waals surface area contributed by atoms with Crippen LogP contribution in [0.1, 0.15) is 0 Å². The van der Waals surface area contributed by atoms with Gasteiger partial charge in [0.15, 0.2) is 0 Å². The predicted octanol–water partition coefficient (Wildman–Crippen LogP) is 1.33. The molecular formula is C12H17N3O2. The molecule has 0 saturated carbocycles. The van der Waals surface area contributed by atoms with Gasteiger partial charge < -0.3 is 21.1 Å². The lowest BCUT2D eigenvalue weighted by molar-refractivity contribution is 0.253. The lowest BCUT2D eigenvalue weighted by atomic mass is 10.3. The van der Waals surface area contributed by atoms with Gasteiger partial charge in [-0.1, -0.05) is 6.08 Å². The smallest absolute Gasteiger partial charge is 0.319 e. The number of hydrogen-bond acceptors (Lipinski definition) is 3. The maximum absolute atomic E-state index is 11.3. The van der Waals surface area contributed by atoms with Crippen LogP contribution >= 0.6 is 0 Å². The monoisotopic (exact) mass is 235 g/mol. The van der Waals surface area contributed by atoms with Gasteiger partial charge in [-0.15, -0.1) is 6.58 Å². The third-order valence-electron chi connectivity index (χ3n) is 1.91. The molecule has 0 unspecified atom stereocenters. The molecule has 0 fully saturated rings. The fourth-order valence-corrected chi connectivity index (χ4v) is 1.15. The van der Waals surface area contributed by atoms with Gasteiger partial charge in [0.1, 0.15) is 12.4 Å². The summed E-state index contributed by atoms with van der Waals surface area (Å²) in [7, 11) is 0. The van der Waals surface area contributed by atoms with Crippen LogP contribution in [0.2, 0.25) is 0 Å². The highest BCUT2D eigenvalue weighted by atomic mass is 16.5. The quantitative estimate of drug-likeness (QED) is 0.651. The molecule has 5 heteroatoms. The zero-order valence-corrected chi connectivity index (χ0v) is 9.61. The number of carbonyl (C=O) groups excluding carboxylic acids is 1. The summed E-state index contributed by atoms with van der Waals surface area (Å²) in [6, 6.07) is 6.82. The van der Waals surface area contributed by atoms with Crippen molar-refractivity contribution in [1.82, 2.24) is 5.32 Å². The van der Waals surface area contributed by atoms with Crippen molar-refractivity contribution in [3.8, 4) is 5.75 Å². The van der Waals surface area contributed by atoms with Gasteiger partial charge in [-0.25, -0.2) is 4.79 Å². The summed E-state index contributed by atoms with van der Waals surface area (Å²) in [6.45, 7) is 4.90. The average molecular weight is 235 g/mol. The molecule has 2 amide bonds. The van der Waals surface area contributed by atoms with Crippen molar-refractivity contribution in [2.24, 2.45) is 5.73 Å². The van der Waals surface area contributed by atoms with E-state index in [0.29, 0.717) is 25.4 Å². The van der Waals surface area contributed by atoms with Gasteiger partial charge in [-0.3, -0.25) is 0 Å². The number of nitrogens with two attached hydrogens (primary N) is 1. The van der Waals surface area contributed by atoms with E-state index in [1.54, 1.807) is 30.3 Å². The van der Waals surface area contributed by atoms with E-state index in [-0.39, 0.29) is 6.03 Å². The molecule has 0 saturated heterocycles. The summed E-state index contributed by atoms with van der Waals surface area (Å²) < 4.78 is 5.31. The van der Waals surface area contributed by atoms with Crippen molar-refractivity contribution in [3.05, 3.63) is 36.9 Å². The Hall–Kier alpha value is -2.01. The van der Waals surface area contributed by atoms with E-state index in [2.05, 4.69) is 17.2 Å². The third-order valence-corrected chi connectivity index (χ3v) is 1.91. The predicted molar refractivity (Wildman–Crippen MR) is 68.2 cm³/mol. The molecule has 0 atom stereocenters. The van der Waals surface area contributed by atoms with Crippen molar-refractivity contribution < 1.29 is 9.53 Å². The van der Waals surface area contributed by atoms with Crippen LogP contribution in [0.15, 0.2) is 36.9 Å². The van der Waals surface area contributed by atoms with Crippen LogP contribution in [0.4, 0.5) is 10.5 Å². The minimum absolute atomic E-state index is 0.263. The number of urea groups is 1. The van der Waals surface area contributed by atoms with Crippen molar-refractivity contribution in [3.63, 3.8) is 0 Å². The maximum atomic E-state index is 11.3. The largest absolute Gasteiger partial charge is 0.492 e. The Morgan fingerprint density at radius 3 is 2.71 bits per heavy atom. The van der Waals surface area contributed by atoms with Crippen LogP contribution in [-0.4, -0.2) is 25.7 Å². The molecule has 0 bridgehead atoms. The van der Waals surface area contributed by atoms with Crippen molar-refractivity contribution in [2.45, 2.75) is 0 Å². The molecule has 92 valence electrons. The molecule has 0 aliphatic heterocycles. The van der Waals surface area contributed by atoms with Crippen LogP contribution in [-0.2, 0) is 0 Å². The summed E-state index contributed by atoms with van der Waals surface area (Å²) in [4.78, 5) is 11.3. The van der Waals surface area contributed by atoms with E-state index in [1.807, 2.05) is 0 Å². The van der Waals surface area contributed by atoms with Crippen LogP contribution in [0, 0.1) is 0 Å². The first-order valence-electron chi connectivity index (χ1n) is 5.35. The Balaban J connectivity index is 2.44. The topological polar surface area (TPSA) is 76.4 Å². The SMILES string of the molecule is C=CCNC(=O)Nc1ccc(OCCN)cc1. The molecule has 0 aliphatic rings. The van der Waals surface area contributed by atoms with Gasteiger partial charge >= 0.3 is 6.03 Å². The van der Waals surface area contributed by atoms with E-state index in [0.717, 1.165) is 5.75 Å². The molecular weight excluding hydrogens is 218 g/mol. The Kier molecular flexibility index (Phi) is 5.60.